The number of hydrogen-bond donors (Lipinski definition) is 1. The first-order chi connectivity index (χ1) is 16.9. The predicted octanol–water partition coefficient (Wildman–Crippen LogP) is 5.23. The number of rotatable bonds is 8. The smallest absolute Gasteiger partial charge is 0.229 e. The second-order valence-corrected chi connectivity index (χ2v) is 11.4. The van der Waals surface area contributed by atoms with Crippen LogP contribution in [-0.4, -0.2) is 39.8 Å². The van der Waals surface area contributed by atoms with E-state index < -0.39 is 15.6 Å². The molecule has 7 heteroatoms. The minimum absolute atomic E-state index is 0.337. The summed E-state index contributed by atoms with van der Waals surface area (Å²) in [5.74, 6) is 2.35. The topological polar surface area (TPSA) is 67.9 Å². The zero-order valence-electron chi connectivity index (χ0n) is 20.2. The third-order valence-corrected chi connectivity index (χ3v) is 7.88. The number of anilines is 1. The first-order valence-corrected chi connectivity index (χ1v) is 13.9. The minimum Gasteiger partial charge on any atom is -0.457 e. The van der Waals surface area contributed by atoms with E-state index in [0.29, 0.717) is 17.5 Å². The zero-order chi connectivity index (χ0) is 24.5. The fraction of sp³-hybridized carbons (Fsp3) is 0.357. The lowest BCUT2D eigenvalue weighted by atomic mass is 9.74. The van der Waals surface area contributed by atoms with E-state index in [0.717, 1.165) is 49.5 Å². The van der Waals surface area contributed by atoms with Crippen LogP contribution in [0.1, 0.15) is 24.0 Å². The van der Waals surface area contributed by atoms with Crippen molar-refractivity contribution in [3.05, 3.63) is 90.0 Å². The van der Waals surface area contributed by atoms with Gasteiger partial charge in [-0.05, 0) is 60.4 Å². The molecule has 5 rings (SSSR count). The highest BCUT2D eigenvalue weighted by Gasteiger charge is 2.55. The predicted molar refractivity (Wildman–Crippen MR) is 138 cm³/mol. The van der Waals surface area contributed by atoms with Crippen LogP contribution in [0.2, 0.25) is 0 Å². The van der Waals surface area contributed by atoms with Gasteiger partial charge >= 0.3 is 0 Å². The molecule has 0 radical (unpaired) electrons. The van der Waals surface area contributed by atoms with E-state index in [9.17, 15) is 8.42 Å². The monoisotopic (exact) mass is 492 g/mol. The molecule has 3 aromatic carbocycles. The van der Waals surface area contributed by atoms with E-state index in [-0.39, 0.29) is 0 Å². The second-order valence-electron chi connectivity index (χ2n) is 9.68. The molecular formula is C28H32N2O4S. The van der Waals surface area contributed by atoms with Crippen LogP contribution in [0, 0.1) is 11.8 Å². The molecule has 2 fully saturated rings. The van der Waals surface area contributed by atoms with Crippen LogP contribution in [0.4, 0.5) is 5.69 Å². The number of sulfonamides is 1. The number of benzene rings is 3. The van der Waals surface area contributed by atoms with Gasteiger partial charge in [0.2, 0.25) is 10.0 Å². The number of nitrogens with zero attached hydrogens (tertiary/aromatic N) is 1. The van der Waals surface area contributed by atoms with Crippen LogP contribution in [0.3, 0.4) is 0 Å². The Labute approximate surface area is 207 Å². The summed E-state index contributed by atoms with van der Waals surface area (Å²) in [6, 6.07) is 25.9. The summed E-state index contributed by atoms with van der Waals surface area (Å²) in [6.07, 6.45) is 3.36. The van der Waals surface area contributed by atoms with E-state index in [2.05, 4.69) is 27.8 Å². The maximum atomic E-state index is 11.8. The molecule has 1 aliphatic carbocycles. The Balaban J connectivity index is 1.32. The summed E-state index contributed by atoms with van der Waals surface area (Å²) < 4.78 is 38.5. The maximum Gasteiger partial charge on any atom is 0.229 e. The van der Waals surface area contributed by atoms with Crippen molar-refractivity contribution in [1.29, 1.82) is 0 Å². The molecule has 0 aromatic heterocycles. The molecule has 1 saturated heterocycles. The molecule has 35 heavy (non-hydrogen) atoms. The van der Waals surface area contributed by atoms with Crippen molar-refractivity contribution in [1.82, 2.24) is 4.90 Å². The van der Waals surface area contributed by atoms with Gasteiger partial charge in [-0.3, -0.25) is 9.62 Å². The van der Waals surface area contributed by atoms with Gasteiger partial charge in [-0.1, -0.05) is 42.5 Å². The van der Waals surface area contributed by atoms with Crippen LogP contribution in [0.5, 0.6) is 11.5 Å². The van der Waals surface area contributed by atoms with Crippen molar-refractivity contribution in [2.45, 2.75) is 25.0 Å². The Bertz CT molecular complexity index is 1260. The Hall–Kier alpha value is -2.87. The molecule has 6 nitrogen and oxygen atoms in total. The van der Waals surface area contributed by atoms with Crippen LogP contribution in [0.25, 0.3) is 0 Å². The van der Waals surface area contributed by atoms with E-state index in [4.69, 9.17) is 9.47 Å². The highest BCUT2D eigenvalue weighted by Crippen LogP contribution is 2.54. The van der Waals surface area contributed by atoms with Gasteiger partial charge in [0.25, 0.3) is 0 Å². The van der Waals surface area contributed by atoms with Crippen molar-refractivity contribution in [3.8, 4) is 11.5 Å². The molecule has 2 bridgehead atoms. The number of ether oxygens (including phenoxy) is 2. The molecular weight excluding hydrogens is 460 g/mol. The van der Waals surface area contributed by atoms with E-state index in [1.165, 1.54) is 11.8 Å². The average molecular weight is 493 g/mol. The minimum atomic E-state index is -3.34. The summed E-state index contributed by atoms with van der Waals surface area (Å²) in [4.78, 5) is 2.51. The van der Waals surface area contributed by atoms with Gasteiger partial charge < -0.3 is 9.47 Å². The van der Waals surface area contributed by atoms with E-state index in [1.807, 2.05) is 54.6 Å². The Kier molecular flexibility index (Phi) is 6.57. The van der Waals surface area contributed by atoms with Crippen molar-refractivity contribution in [2.24, 2.45) is 11.8 Å². The quantitative estimate of drug-likeness (QED) is 0.466. The standard InChI is InChI=1S/C28H32N2O4S/c1-33-28(22-9-7-10-25(17-22)29-35(2,31)32)23-14-15-24(28)20-30(19-23)18-21-8-6-13-27(16-21)34-26-11-4-3-5-12-26/h3-13,16-17,23-24,29H,14-15,18-20H2,1-2H3. The molecule has 2 unspecified atom stereocenters. The Morgan fingerprint density at radius 1 is 0.914 bits per heavy atom. The zero-order valence-corrected chi connectivity index (χ0v) is 21.0. The summed E-state index contributed by atoms with van der Waals surface area (Å²) >= 11 is 0. The lowest BCUT2D eigenvalue weighted by Gasteiger charge is -2.47. The van der Waals surface area contributed by atoms with E-state index in [1.54, 1.807) is 13.2 Å². The number of piperidine rings is 1. The number of nitrogens with one attached hydrogen (secondary N) is 1. The number of fused-ring (bicyclic) bond motifs is 2. The van der Waals surface area contributed by atoms with Gasteiger partial charge in [-0.15, -0.1) is 0 Å². The first kappa shape index (κ1) is 23.9. The summed E-state index contributed by atoms with van der Waals surface area (Å²) in [6.45, 7) is 2.71. The van der Waals surface area contributed by atoms with Crippen LogP contribution in [-0.2, 0) is 26.9 Å². The van der Waals surface area contributed by atoms with Crippen molar-refractivity contribution < 1.29 is 17.9 Å². The van der Waals surface area contributed by atoms with Crippen LogP contribution < -0.4 is 9.46 Å². The fourth-order valence-corrected chi connectivity index (χ4v) is 6.55. The number of likely N-dealkylation sites (tertiary alicyclic amines) is 1. The maximum absolute atomic E-state index is 11.8. The van der Waals surface area contributed by atoms with Gasteiger partial charge in [0, 0.05) is 44.3 Å². The molecule has 2 aliphatic rings. The highest BCUT2D eigenvalue weighted by molar-refractivity contribution is 7.92. The molecule has 1 aliphatic heterocycles. The van der Waals surface area contributed by atoms with E-state index >= 15 is 0 Å². The normalized spacial score (nSPS) is 24.3. The van der Waals surface area contributed by atoms with Gasteiger partial charge in [0.15, 0.2) is 0 Å². The molecule has 1 saturated carbocycles. The Morgan fingerprint density at radius 2 is 1.60 bits per heavy atom. The first-order valence-electron chi connectivity index (χ1n) is 12.0. The molecule has 0 amide bonds. The number of methoxy groups -OCH3 is 1. The molecule has 0 spiro atoms. The number of para-hydroxylation sites is 1. The van der Waals surface area contributed by atoms with Crippen LogP contribution in [0.15, 0.2) is 78.9 Å². The summed E-state index contributed by atoms with van der Waals surface area (Å²) in [5, 5.41) is 0. The van der Waals surface area contributed by atoms with Gasteiger partial charge in [0.1, 0.15) is 17.1 Å². The molecule has 1 N–H and O–H groups in total. The number of hydrogen-bond acceptors (Lipinski definition) is 5. The Morgan fingerprint density at radius 3 is 2.29 bits per heavy atom. The highest BCUT2D eigenvalue weighted by atomic mass is 32.2. The lowest BCUT2D eigenvalue weighted by molar-refractivity contribution is -0.120. The average Bonchev–Trinajstić information content (AvgIpc) is 3.02. The van der Waals surface area contributed by atoms with Crippen molar-refractivity contribution >= 4 is 15.7 Å². The summed E-state index contributed by atoms with van der Waals surface area (Å²) in [7, 11) is -1.55. The molecule has 1 heterocycles. The van der Waals surface area contributed by atoms with Crippen LogP contribution >= 0.6 is 0 Å². The SMILES string of the molecule is COC1(c2cccc(NS(C)(=O)=O)c2)C2CCC1CN(Cc1cccc(Oc3ccccc3)c1)C2. The third-order valence-electron chi connectivity index (χ3n) is 7.27. The molecule has 2 atom stereocenters. The molecule has 184 valence electrons. The summed E-state index contributed by atoms with van der Waals surface area (Å²) in [5.41, 5.74) is 2.46. The fourth-order valence-electron chi connectivity index (χ4n) is 6.00. The lowest BCUT2D eigenvalue weighted by Crippen LogP contribution is -2.52. The van der Waals surface area contributed by atoms with Gasteiger partial charge in [0.05, 0.1) is 6.26 Å². The van der Waals surface area contributed by atoms with Gasteiger partial charge in [-0.25, -0.2) is 8.42 Å². The van der Waals surface area contributed by atoms with Gasteiger partial charge in [-0.2, -0.15) is 0 Å². The third kappa shape index (κ3) is 5.08. The largest absolute Gasteiger partial charge is 0.457 e. The second kappa shape index (κ2) is 9.64. The van der Waals surface area contributed by atoms with Crippen molar-refractivity contribution in [3.63, 3.8) is 0 Å². The van der Waals surface area contributed by atoms with Crippen molar-refractivity contribution in [2.75, 3.05) is 31.2 Å². The molecule has 3 aromatic rings.